The quantitative estimate of drug-likeness (QED) is 0.782. The minimum absolute atomic E-state index is 0.0907. The van der Waals surface area contributed by atoms with Gasteiger partial charge in [0.05, 0.1) is 6.61 Å². The molecular formula is C13H17IO2. The van der Waals surface area contributed by atoms with E-state index in [2.05, 4.69) is 54.6 Å². The third-order valence-electron chi connectivity index (χ3n) is 3.18. The van der Waals surface area contributed by atoms with Crippen LogP contribution < -0.4 is 0 Å². The van der Waals surface area contributed by atoms with E-state index in [0.29, 0.717) is 6.61 Å². The monoisotopic (exact) mass is 332 g/mol. The van der Waals surface area contributed by atoms with Crippen molar-refractivity contribution < 1.29 is 9.47 Å². The molecule has 1 fully saturated rings. The first kappa shape index (κ1) is 12.3. The molecule has 1 saturated heterocycles. The fraction of sp³-hybridized carbons (Fsp3) is 0.538. The van der Waals surface area contributed by atoms with E-state index in [-0.39, 0.29) is 11.9 Å². The first-order valence-corrected chi connectivity index (χ1v) is 6.85. The van der Waals surface area contributed by atoms with Crippen LogP contribution in [0.2, 0.25) is 0 Å². The zero-order chi connectivity index (χ0) is 11.6. The first-order valence-electron chi connectivity index (χ1n) is 5.77. The minimum atomic E-state index is -0.358. The maximum absolute atomic E-state index is 6.09. The van der Waals surface area contributed by atoms with Crippen LogP contribution in [0.15, 0.2) is 24.3 Å². The van der Waals surface area contributed by atoms with Crippen LogP contribution in [0.25, 0.3) is 0 Å². The van der Waals surface area contributed by atoms with Crippen LogP contribution >= 0.6 is 22.6 Å². The van der Waals surface area contributed by atoms with Crippen LogP contribution in [-0.4, -0.2) is 12.4 Å². The van der Waals surface area contributed by atoms with Crippen molar-refractivity contribution >= 4 is 22.6 Å². The Morgan fingerprint density at radius 1 is 1.31 bits per heavy atom. The van der Waals surface area contributed by atoms with Crippen molar-refractivity contribution in [1.29, 1.82) is 0 Å². The smallest absolute Gasteiger partial charge is 0.168 e. The predicted molar refractivity (Wildman–Crippen MR) is 72.3 cm³/mol. The molecule has 1 heterocycles. The van der Waals surface area contributed by atoms with E-state index < -0.39 is 0 Å². The van der Waals surface area contributed by atoms with Crippen molar-refractivity contribution in [3.63, 3.8) is 0 Å². The van der Waals surface area contributed by atoms with Crippen LogP contribution in [0.1, 0.15) is 38.4 Å². The lowest BCUT2D eigenvalue weighted by Gasteiger charge is -2.25. The largest absolute Gasteiger partial charge is 0.347 e. The second kappa shape index (κ2) is 5.02. The molecule has 1 unspecified atom stereocenters. The molecule has 16 heavy (non-hydrogen) atoms. The second-order valence-electron chi connectivity index (χ2n) is 4.06. The lowest BCUT2D eigenvalue weighted by molar-refractivity contribution is -0.172. The van der Waals surface area contributed by atoms with Crippen LogP contribution in [0.4, 0.5) is 0 Å². The maximum Gasteiger partial charge on any atom is 0.168 e. The molecule has 0 saturated carbocycles. The highest BCUT2D eigenvalue weighted by Gasteiger charge is 2.39. The van der Waals surface area contributed by atoms with Gasteiger partial charge in [-0.15, -0.1) is 0 Å². The Kier molecular flexibility index (Phi) is 3.87. The topological polar surface area (TPSA) is 18.5 Å². The van der Waals surface area contributed by atoms with Crippen LogP contribution in [0, 0.1) is 3.57 Å². The highest BCUT2D eigenvalue weighted by molar-refractivity contribution is 14.1. The molecule has 0 aromatic heterocycles. The summed E-state index contributed by atoms with van der Waals surface area (Å²) < 4.78 is 13.2. The Labute approximate surface area is 110 Å². The SMILES string of the molecule is CCC1(CC)OCC(c2ccccc2I)O1. The molecule has 0 amide bonds. The normalized spacial score (nSPS) is 23.6. The van der Waals surface area contributed by atoms with Crippen LogP contribution in [-0.2, 0) is 9.47 Å². The number of hydrogen-bond donors (Lipinski definition) is 0. The molecule has 1 aliphatic rings. The van der Waals surface area contributed by atoms with Gasteiger partial charge in [-0.05, 0) is 47.1 Å². The molecule has 0 radical (unpaired) electrons. The van der Waals surface area contributed by atoms with Crippen molar-refractivity contribution in [2.45, 2.75) is 38.6 Å². The summed E-state index contributed by atoms with van der Waals surface area (Å²) in [5.41, 5.74) is 1.24. The summed E-state index contributed by atoms with van der Waals surface area (Å²) in [5.74, 6) is -0.358. The Balaban J connectivity index is 2.18. The van der Waals surface area contributed by atoms with Gasteiger partial charge in [0.1, 0.15) is 6.10 Å². The molecule has 1 aromatic rings. The summed E-state index contributed by atoms with van der Waals surface area (Å²) >= 11 is 2.35. The van der Waals surface area contributed by atoms with Gasteiger partial charge in [-0.25, -0.2) is 0 Å². The molecule has 1 aromatic carbocycles. The number of hydrogen-bond acceptors (Lipinski definition) is 2. The van der Waals surface area contributed by atoms with E-state index in [1.54, 1.807) is 0 Å². The predicted octanol–water partition coefficient (Wildman–Crippen LogP) is 3.90. The summed E-state index contributed by atoms with van der Waals surface area (Å²) in [7, 11) is 0. The summed E-state index contributed by atoms with van der Waals surface area (Å²) in [6, 6.07) is 8.33. The fourth-order valence-electron chi connectivity index (χ4n) is 2.07. The summed E-state index contributed by atoms with van der Waals surface area (Å²) in [5, 5.41) is 0. The first-order chi connectivity index (χ1) is 7.71. The van der Waals surface area contributed by atoms with Crippen LogP contribution in [0.5, 0.6) is 0 Å². The Morgan fingerprint density at radius 3 is 2.56 bits per heavy atom. The second-order valence-corrected chi connectivity index (χ2v) is 5.22. The average Bonchev–Trinajstić information content (AvgIpc) is 2.75. The summed E-state index contributed by atoms with van der Waals surface area (Å²) in [4.78, 5) is 0. The average molecular weight is 332 g/mol. The van der Waals surface area contributed by atoms with Gasteiger partial charge in [-0.3, -0.25) is 0 Å². The zero-order valence-electron chi connectivity index (χ0n) is 9.70. The lowest BCUT2D eigenvalue weighted by atomic mass is 10.1. The van der Waals surface area contributed by atoms with E-state index in [0.717, 1.165) is 12.8 Å². The van der Waals surface area contributed by atoms with E-state index in [4.69, 9.17) is 9.47 Å². The van der Waals surface area contributed by atoms with Crippen molar-refractivity contribution in [3.05, 3.63) is 33.4 Å². The molecule has 88 valence electrons. The van der Waals surface area contributed by atoms with Gasteiger partial charge >= 0.3 is 0 Å². The minimum Gasteiger partial charge on any atom is -0.347 e. The molecule has 0 bridgehead atoms. The summed E-state index contributed by atoms with van der Waals surface area (Å²) in [6.45, 7) is 4.89. The van der Waals surface area contributed by atoms with Gasteiger partial charge in [0.2, 0.25) is 0 Å². The highest BCUT2D eigenvalue weighted by atomic mass is 127. The number of ether oxygens (including phenoxy) is 2. The fourth-order valence-corrected chi connectivity index (χ4v) is 2.80. The Morgan fingerprint density at radius 2 is 2.00 bits per heavy atom. The molecule has 1 aliphatic heterocycles. The molecule has 0 spiro atoms. The zero-order valence-corrected chi connectivity index (χ0v) is 11.9. The van der Waals surface area contributed by atoms with Gasteiger partial charge in [-0.2, -0.15) is 0 Å². The molecular weight excluding hydrogens is 315 g/mol. The molecule has 0 aliphatic carbocycles. The maximum atomic E-state index is 6.09. The van der Waals surface area contributed by atoms with Gasteiger partial charge < -0.3 is 9.47 Å². The highest BCUT2D eigenvalue weighted by Crippen LogP contribution is 2.38. The van der Waals surface area contributed by atoms with Gasteiger partial charge in [-0.1, -0.05) is 32.0 Å². The third kappa shape index (κ3) is 2.26. The molecule has 0 N–H and O–H groups in total. The van der Waals surface area contributed by atoms with Crippen LogP contribution in [0.3, 0.4) is 0 Å². The number of benzene rings is 1. The standard InChI is InChI=1S/C13H17IO2/c1-3-13(4-2)15-9-12(16-13)10-7-5-6-8-11(10)14/h5-8,12H,3-4,9H2,1-2H3. The lowest BCUT2D eigenvalue weighted by Crippen LogP contribution is -2.27. The number of rotatable bonds is 3. The van der Waals surface area contributed by atoms with Gasteiger partial charge in [0.15, 0.2) is 5.79 Å². The van der Waals surface area contributed by atoms with Crippen molar-refractivity contribution in [2.24, 2.45) is 0 Å². The van der Waals surface area contributed by atoms with Crippen molar-refractivity contribution in [3.8, 4) is 0 Å². The molecule has 2 rings (SSSR count). The molecule has 3 heteroatoms. The van der Waals surface area contributed by atoms with Gasteiger partial charge in [0, 0.05) is 3.57 Å². The summed E-state index contributed by atoms with van der Waals surface area (Å²) in [6.07, 6.45) is 1.90. The number of halogens is 1. The molecule has 2 nitrogen and oxygen atoms in total. The van der Waals surface area contributed by atoms with Crippen molar-refractivity contribution in [1.82, 2.24) is 0 Å². The van der Waals surface area contributed by atoms with E-state index >= 15 is 0 Å². The van der Waals surface area contributed by atoms with Crippen molar-refractivity contribution in [2.75, 3.05) is 6.61 Å². The van der Waals surface area contributed by atoms with E-state index in [9.17, 15) is 0 Å². The van der Waals surface area contributed by atoms with Gasteiger partial charge in [0.25, 0.3) is 0 Å². The Hall–Kier alpha value is -0.130. The van der Waals surface area contributed by atoms with E-state index in [1.165, 1.54) is 9.13 Å². The third-order valence-corrected chi connectivity index (χ3v) is 4.17. The van der Waals surface area contributed by atoms with E-state index in [1.807, 2.05) is 6.07 Å². The Bertz CT molecular complexity index is 361. The molecule has 1 atom stereocenters.